The number of fused-ring (bicyclic) bond motifs is 1. The number of thiazole rings is 1. The van der Waals surface area contributed by atoms with Gasteiger partial charge in [-0.2, -0.15) is 11.3 Å². The molecule has 0 spiro atoms. The third kappa shape index (κ3) is 3.94. The summed E-state index contributed by atoms with van der Waals surface area (Å²) in [7, 11) is 0. The maximum absolute atomic E-state index is 5.80. The van der Waals surface area contributed by atoms with E-state index in [1.165, 1.54) is 21.7 Å². The van der Waals surface area contributed by atoms with E-state index in [0.29, 0.717) is 6.10 Å². The van der Waals surface area contributed by atoms with Gasteiger partial charge < -0.3 is 10.1 Å². The molecule has 3 nitrogen and oxygen atoms in total. The van der Waals surface area contributed by atoms with E-state index in [4.69, 9.17) is 9.72 Å². The van der Waals surface area contributed by atoms with Crippen LogP contribution < -0.4 is 10.1 Å². The first-order valence-corrected chi connectivity index (χ1v) is 10.4. The van der Waals surface area contributed by atoms with Crippen LogP contribution in [0.3, 0.4) is 0 Å². The fourth-order valence-electron chi connectivity index (χ4n) is 3.25. The Kier molecular flexibility index (Phi) is 4.88. The molecule has 2 aromatic heterocycles. The second kappa shape index (κ2) is 7.28. The SMILES string of the molecule is Cc1csc([C@H](Cc2ccsc2)NCc2ccc3c(c2)C[C@@H](C)O3)n1. The van der Waals surface area contributed by atoms with E-state index >= 15 is 0 Å². The first kappa shape index (κ1) is 16.8. The van der Waals surface area contributed by atoms with Gasteiger partial charge in [-0.1, -0.05) is 12.1 Å². The number of nitrogens with zero attached hydrogens (tertiary/aromatic N) is 1. The van der Waals surface area contributed by atoms with Crippen molar-refractivity contribution in [3.05, 3.63) is 67.8 Å². The average Bonchev–Trinajstić information content (AvgIpc) is 3.31. The van der Waals surface area contributed by atoms with E-state index in [9.17, 15) is 0 Å². The summed E-state index contributed by atoms with van der Waals surface area (Å²) in [6.07, 6.45) is 2.28. The van der Waals surface area contributed by atoms with Crippen molar-refractivity contribution in [3.8, 4) is 5.75 Å². The molecular formula is C20H22N2OS2. The van der Waals surface area contributed by atoms with Crippen molar-refractivity contribution in [1.82, 2.24) is 10.3 Å². The predicted octanol–water partition coefficient (Wildman–Crippen LogP) is 4.91. The first-order valence-electron chi connectivity index (χ1n) is 8.62. The monoisotopic (exact) mass is 370 g/mol. The van der Waals surface area contributed by atoms with Crippen molar-refractivity contribution < 1.29 is 4.74 Å². The van der Waals surface area contributed by atoms with Gasteiger partial charge in [0.25, 0.3) is 0 Å². The van der Waals surface area contributed by atoms with E-state index < -0.39 is 0 Å². The van der Waals surface area contributed by atoms with Gasteiger partial charge in [0.2, 0.25) is 0 Å². The van der Waals surface area contributed by atoms with Crippen molar-refractivity contribution in [2.75, 3.05) is 0 Å². The Morgan fingerprint density at radius 2 is 2.20 bits per heavy atom. The molecule has 5 heteroatoms. The zero-order valence-electron chi connectivity index (χ0n) is 14.5. The number of benzene rings is 1. The molecule has 0 fully saturated rings. The fourth-order valence-corrected chi connectivity index (χ4v) is 4.80. The Balaban J connectivity index is 1.48. The van der Waals surface area contributed by atoms with Crippen LogP contribution in [-0.2, 0) is 19.4 Å². The third-order valence-electron chi connectivity index (χ3n) is 4.47. The van der Waals surface area contributed by atoms with E-state index in [-0.39, 0.29) is 6.04 Å². The van der Waals surface area contributed by atoms with Crippen LogP contribution in [0.2, 0.25) is 0 Å². The van der Waals surface area contributed by atoms with E-state index in [1.54, 1.807) is 22.7 Å². The Bertz CT molecular complexity index is 841. The van der Waals surface area contributed by atoms with Gasteiger partial charge in [-0.05, 0) is 59.9 Å². The van der Waals surface area contributed by atoms with Gasteiger partial charge in [0, 0.05) is 24.0 Å². The summed E-state index contributed by atoms with van der Waals surface area (Å²) in [4.78, 5) is 4.71. The highest BCUT2D eigenvalue weighted by molar-refractivity contribution is 7.09. The lowest BCUT2D eigenvalue weighted by atomic mass is 10.1. The fraction of sp³-hybridized carbons (Fsp3) is 0.350. The zero-order valence-corrected chi connectivity index (χ0v) is 16.1. The van der Waals surface area contributed by atoms with Crippen LogP contribution in [0.4, 0.5) is 0 Å². The van der Waals surface area contributed by atoms with Crippen LogP contribution >= 0.6 is 22.7 Å². The molecule has 0 amide bonds. The number of nitrogens with one attached hydrogen (secondary N) is 1. The van der Waals surface area contributed by atoms with Crippen LogP contribution in [0, 0.1) is 6.92 Å². The molecule has 2 atom stereocenters. The average molecular weight is 371 g/mol. The molecule has 25 heavy (non-hydrogen) atoms. The van der Waals surface area contributed by atoms with Crippen molar-refractivity contribution in [2.45, 2.75) is 45.4 Å². The van der Waals surface area contributed by atoms with Gasteiger partial charge in [-0.25, -0.2) is 4.98 Å². The number of aromatic nitrogens is 1. The number of hydrogen-bond donors (Lipinski definition) is 1. The summed E-state index contributed by atoms with van der Waals surface area (Å²) in [5.41, 5.74) is 5.10. The summed E-state index contributed by atoms with van der Waals surface area (Å²) in [6, 6.07) is 9.00. The van der Waals surface area contributed by atoms with Gasteiger partial charge in [0.15, 0.2) is 0 Å². The van der Waals surface area contributed by atoms with Gasteiger partial charge in [0.05, 0.1) is 6.04 Å². The molecule has 1 aliphatic heterocycles. The summed E-state index contributed by atoms with van der Waals surface area (Å²) in [5.74, 6) is 1.04. The number of ether oxygens (including phenoxy) is 1. The Morgan fingerprint density at radius 3 is 2.96 bits per heavy atom. The van der Waals surface area contributed by atoms with Crippen LogP contribution in [0.5, 0.6) is 5.75 Å². The molecule has 3 heterocycles. The van der Waals surface area contributed by atoms with Gasteiger partial charge >= 0.3 is 0 Å². The largest absolute Gasteiger partial charge is 0.490 e. The summed E-state index contributed by atoms with van der Waals surface area (Å²) in [6.45, 7) is 5.03. The highest BCUT2D eigenvalue weighted by Crippen LogP contribution is 2.30. The minimum absolute atomic E-state index is 0.247. The van der Waals surface area contributed by atoms with Crippen molar-refractivity contribution in [3.63, 3.8) is 0 Å². The highest BCUT2D eigenvalue weighted by Gasteiger charge is 2.20. The van der Waals surface area contributed by atoms with E-state index in [0.717, 1.165) is 30.8 Å². The van der Waals surface area contributed by atoms with Crippen LogP contribution in [-0.4, -0.2) is 11.1 Å². The first-order chi connectivity index (χ1) is 12.2. The quantitative estimate of drug-likeness (QED) is 0.669. The Hall–Kier alpha value is -1.69. The minimum Gasteiger partial charge on any atom is -0.490 e. The normalized spacial score (nSPS) is 17.3. The Labute approximate surface area is 156 Å². The molecule has 1 N–H and O–H groups in total. The van der Waals surface area contributed by atoms with Gasteiger partial charge in [-0.15, -0.1) is 11.3 Å². The molecule has 0 aliphatic carbocycles. The lowest BCUT2D eigenvalue weighted by molar-refractivity contribution is 0.254. The van der Waals surface area contributed by atoms with Crippen molar-refractivity contribution in [1.29, 1.82) is 0 Å². The Morgan fingerprint density at radius 1 is 1.28 bits per heavy atom. The molecule has 0 saturated heterocycles. The zero-order chi connectivity index (χ0) is 17.2. The molecule has 0 bridgehead atoms. The topological polar surface area (TPSA) is 34.1 Å². The molecule has 1 aromatic carbocycles. The van der Waals surface area contributed by atoms with Gasteiger partial charge in [0.1, 0.15) is 16.9 Å². The number of hydrogen-bond acceptors (Lipinski definition) is 5. The lowest BCUT2D eigenvalue weighted by Crippen LogP contribution is -2.23. The molecule has 0 radical (unpaired) electrons. The van der Waals surface area contributed by atoms with Gasteiger partial charge in [-0.3, -0.25) is 0 Å². The molecule has 0 saturated carbocycles. The van der Waals surface area contributed by atoms with Crippen LogP contribution in [0.1, 0.15) is 40.4 Å². The third-order valence-corrected chi connectivity index (χ3v) is 6.28. The maximum Gasteiger partial charge on any atom is 0.123 e. The van der Waals surface area contributed by atoms with E-state index in [1.807, 2.05) is 0 Å². The van der Waals surface area contributed by atoms with Crippen molar-refractivity contribution >= 4 is 22.7 Å². The predicted molar refractivity (Wildman–Crippen MR) is 105 cm³/mol. The second-order valence-electron chi connectivity index (χ2n) is 6.67. The second-order valence-corrected chi connectivity index (χ2v) is 8.34. The molecule has 4 rings (SSSR count). The lowest BCUT2D eigenvalue weighted by Gasteiger charge is -2.16. The standard InChI is InChI=1S/C20H22N2OS2/c1-13-11-25-20(22-13)18(9-16-5-6-24-12-16)21-10-15-3-4-19-17(8-15)7-14(2)23-19/h3-6,8,11-12,14,18,21H,7,9-10H2,1-2H3/t14-,18+/m1/s1. The van der Waals surface area contributed by atoms with Crippen molar-refractivity contribution in [2.24, 2.45) is 0 Å². The number of thiophene rings is 1. The summed E-state index contributed by atoms with van der Waals surface area (Å²) >= 11 is 3.50. The molecule has 0 unspecified atom stereocenters. The highest BCUT2D eigenvalue weighted by atomic mass is 32.1. The smallest absolute Gasteiger partial charge is 0.123 e. The number of aryl methyl sites for hydroxylation is 1. The molecule has 130 valence electrons. The van der Waals surface area contributed by atoms with E-state index in [2.05, 4.69) is 59.6 Å². The molecular weight excluding hydrogens is 348 g/mol. The summed E-state index contributed by atoms with van der Waals surface area (Å²) < 4.78 is 5.80. The summed E-state index contributed by atoms with van der Waals surface area (Å²) in [5, 5.41) is 11.4. The molecule has 1 aliphatic rings. The number of rotatable bonds is 6. The molecule has 3 aromatic rings. The van der Waals surface area contributed by atoms with Crippen LogP contribution in [0.15, 0.2) is 40.4 Å². The van der Waals surface area contributed by atoms with Crippen LogP contribution in [0.25, 0.3) is 0 Å². The maximum atomic E-state index is 5.80. The minimum atomic E-state index is 0.247.